The smallest absolute Gasteiger partial charge is 0.434 e. The van der Waals surface area contributed by atoms with Gasteiger partial charge < -0.3 is 14.8 Å². The van der Waals surface area contributed by atoms with Crippen molar-refractivity contribution < 1.29 is 23.9 Å². The van der Waals surface area contributed by atoms with E-state index in [4.69, 9.17) is 9.47 Å². The van der Waals surface area contributed by atoms with E-state index in [2.05, 4.69) is 10.3 Å². The number of rotatable bonds is 8. The van der Waals surface area contributed by atoms with Gasteiger partial charge in [-0.15, -0.1) is 0 Å². The van der Waals surface area contributed by atoms with Gasteiger partial charge >= 0.3 is 12.1 Å². The zero-order valence-electron chi connectivity index (χ0n) is 18.6. The van der Waals surface area contributed by atoms with Crippen LogP contribution in [-0.2, 0) is 25.7 Å². The van der Waals surface area contributed by atoms with Crippen LogP contribution in [0, 0.1) is 0 Å². The fraction of sp³-hybridized carbons (Fsp3) is 0.231. The first-order valence-electron chi connectivity index (χ1n) is 10.7. The molecule has 0 fully saturated rings. The van der Waals surface area contributed by atoms with Gasteiger partial charge in [0.25, 0.3) is 0 Å². The van der Waals surface area contributed by atoms with E-state index in [-0.39, 0.29) is 19.6 Å². The molecule has 0 aromatic heterocycles. The summed E-state index contributed by atoms with van der Waals surface area (Å²) in [6.45, 7) is 3.23. The molecular formula is C26H26N2O5. The lowest BCUT2D eigenvalue weighted by Crippen LogP contribution is -2.42. The van der Waals surface area contributed by atoms with Crippen LogP contribution in [0.3, 0.4) is 0 Å². The summed E-state index contributed by atoms with van der Waals surface area (Å²) in [4.78, 5) is 40.8. The fourth-order valence-electron chi connectivity index (χ4n) is 3.33. The third kappa shape index (κ3) is 7.00. The summed E-state index contributed by atoms with van der Waals surface area (Å²) in [6.07, 6.45) is -0.815. The molecule has 0 saturated heterocycles. The average molecular weight is 447 g/mol. The second kappa shape index (κ2) is 11.6. The minimum Gasteiger partial charge on any atom is -0.464 e. The zero-order valence-corrected chi connectivity index (χ0v) is 18.6. The van der Waals surface area contributed by atoms with Gasteiger partial charge in [0.2, 0.25) is 5.91 Å². The van der Waals surface area contributed by atoms with Gasteiger partial charge in [-0.3, -0.25) is 4.79 Å². The Morgan fingerprint density at radius 3 is 2.30 bits per heavy atom. The van der Waals surface area contributed by atoms with Gasteiger partial charge in [0.1, 0.15) is 12.6 Å². The Balaban J connectivity index is 1.91. The molecule has 1 N–H and O–H groups in total. The predicted molar refractivity (Wildman–Crippen MR) is 126 cm³/mol. The van der Waals surface area contributed by atoms with Crippen molar-refractivity contribution in [3.8, 4) is 0 Å². The Labute approximate surface area is 192 Å². The number of carbonyl (C=O) groups excluding carboxylic acids is 3. The van der Waals surface area contributed by atoms with Crippen LogP contribution >= 0.6 is 0 Å². The van der Waals surface area contributed by atoms with E-state index in [0.717, 1.165) is 16.3 Å². The van der Waals surface area contributed by atoms with Crippen molar-refractivity contribution >= 4 is 34.5 Å². The first kappa shape index (κ1) is 23.7. The molecule has 3 aromatic carbocycles. The number of nitrogens with zero attached hydrogens (tertiary/aromatic N) is 1. The lowest BCUT2D eigenvalue weighted by atomic mass is 9.99. The summed E-state index contributed by atoms with van der Waals surface area (Å²) >= 11 is 0. The molecule has 2 amide bonds. The monoisotopic (exact) mass is 446 g/mol. The maximum Gasteiger partial charge on any atom is 0.434 e. The predicted octanol–water partition coefficient (Wildman–Crippen LogP) is 4.42. The summed E-state index contributed by atoms with van der Waals surface area (Å²) < 4.78 is 10.4. The lowest BCUT2D eigenvalue weighted by molar-refractivity contribution is -0.147. The Morgan fingerprint density at radius 1 is 0.909 bits per heavy atom. The number of carbonyl (C=O) groups is 3. The van der Waals surface area contributed by atoms with Crippen LogP contribution < -0.4 is 5.32 Å². The van der Waals surface area contributed by atoms with Gasteiger partial charge in [0.15, 0.2) is 0 Å². The van der Waals surface area contributed by atoms with Gasteiger partial charge in [-0.2, -0.15) is 4.99 Å². The lowest BCUT2D eigenvalue weighted by Gasteiger charge is -2.18. The van der Waals surface area contributed by atoms with Crippen LogP contribution in [0.1, 0.15) is 31.4 Å². The van der Waals surface area contributed by atoms with Crippen molar-refractivity contribution in [2.45, 2.75) is 32.9 Å². The summed E-state index contributed by atoms with van der Waals surface area (Å²) in [6, 6.07) is 21.7. The quantitative estimate of drug-likeness (QED) is 0.408. The maximum absolute atomic E-state index is 12.5. The Hall–Kier alpha value is -4.00. The number of hydrogen-bond acceptors (Lipinski definition) is 5. The maximum atomic E-state index is 12.5. The van der Waals surface area contributed by atoms with Crippen LogP contribution in [0.5, 0.6) is 0 Å². The largest absolute Gasteiger partial charge is 0.464 e. The van der Waals surface area contributed by atoms with Gasteiger partial charge in [0, 0.05) is 13.3 Å². The average Bonchev–Trinajstić information content (AvgIpc) is 2.82. The molecule has 0 bridgehead atoms. The van der Waals surface area contributed by atoms with Gasteiger partial charge in [-0.05, 0) is 34.9 Å². The topological polar surface area (TPSA) is 94.1 Å². The highest BCUT2D eigenvalue weighted by atomic mass is 16.5. The summed E-state index contributed by atoms with van der Waals surface area (Å²) in [5.41, 5.74) is 1.78. The highest BCUT2D eigenvalue weighted by Crippen LogP contribution is 2.18. The van der Waals surface area contributed by atoms with Crippen molar-refractivity contribution in [3.05, 3.63) is 83.9 Å². The SMILES string of the molecule is CCOC(=O)[C@H](C/C(=N/C(=O)OCc1ccccc1)c1ccc2ccccc2c1)NC(C)=O. The van der Waals surface area contributed by atoms with Crippen molar-refractivity contribution in [1.29, 1.82) is 0 Å². The number of nitrogens with one attached hydrogen (secondary N) is 1. The number of hydrogen-bond donors (Lipinski definition) is 1. The van der Waals surface area contributed by atoms with E-state index in [9.17, 15) is 14.4 Å². The third-order valence-corrected chi connectivity index (χ3v) is 4.86. The van der Waals surface area contributed by atoms with E-state index < -0.39 is 24.0 Å². The highest BCUT2D eigenvalue weighted by molar-refractivity contribution is 6.09. The second-order valence-corrected chi connectivity index (χ2v) is 7.37. The molecule has 170 valence electrons. The van der Waals surface area contributed by atoms with E-state index in [1.54, 1.807) is 6.92 Å². The molecule has 7 nitrogen and oxygen atoms in total. The Morgan fingerprint density at radius 2 is 1.61 bits per heavy atom. The van der Waals surface area contributed by atoms with Crippen LogP contribution in [0.2, 0.25) is 0 Å². The highest BCUT2D eigenvalue weighted by Gasteiger charge is 2.24. The molecule has 0 aliphatic rings. The van der Waals surface area contributed by atoms with Gasteiger partial charge in [-0.1, -0.05) is 66.7 Å². The molecule has 7 heteroatoms. The Bertz CT molecular complexity index is 1160. The molecule has 33 heavy (non-hydrogen) atoms. The number of fused-ring (bicyclic) bond motifs is 1. The molecule has 3 aromatic rings. The molecular weight excluding hydrogens is 420 g/mol. The molecule has 0 saturated carbocycles. The number of aliphatic imine (C=N–C) groups is 1. The summed E-state index contributed by atoms with van der Waals surface area (Å²) in [5, 5.41) is 4.56. The zero-order chi connectivity index (χ0) is 23.6. The van der Waals surface area contributed by atoms with Crippen LogP contribution in [0.25, 0.3) is 10.8 Å². The third-order valence-electron chi connectivity index (χ3n) is 4.86. The van der Waals surface area contributed by atoms with Crippen molar-refractivity contribution in [2.75, 3.05) is 6.61 Å². The number of ether oxygens (including phenoxy) is 2. The van der Waals surface area contributed by atoms with Crippen molar-refractivity contribution in [1.82, 2.24) is 5.32 Å². The number of esters is 1. The van der Waals surface area contributed by atoms with Crippen molar-refractivity contribution in [2.24, 2.45) is 4.99 Å². The second-order valence-electron chi connectivity index (χ2n) is 7.37. The fourth-order valence-corrected chi connectivity index (χ4v) is 3.33. The molecule has 0 heterocycles. The first-order chi connectivity index (χ1) is 16.0. The van der Waals surface area contributed by atoms with E-state index >= 15 is 0 Å². The van der Waals surface area contributed by atoms with Crippen LogP contribution in [-0.4, -0.2) is 36.3 Å². The standard InChI is InChI=1S/C26H26N2O5/c1-3-32-25(30)24(27-18(2)29)16-23(22-14-13-20-11-7-8-12-21(20)15-22)28-26(31)33-17-19-9-5-4-6-10-19/h4-15,24H,3,16-17H2,1-2H3,(H,27,29)/b28-23-/t24-/m0/s1. The van der Waals surface area contributed by atoms with Crippen LogP contribution in [0.4, 0.5) is 4.79 Å². The van der Waals surface area contributed by atoms with Crippen LogP contribution in [0.15, 0.2) is 77.8 Å². The molecule has 0 aliphatic carbocycles. The molecule has 0 unspecified atom stereocenters. The summed E-state index contributed by atoms with van der Waals surface area (Å²) in [5.74, 6) is -0.989. The minimum absolute atomic E-state index is 0.0306. The van der Waals surface area contributed by atoms with Gasteiger partial charge in [-0.25, -0.2) is 9.59 Å². The van der Waals surface area contributed by atoms with Gasteiger partial charge in [0.05, 0.1) is 12.3 Å². The van der Waals surface area contributed by atoms with E-state index in [0.29, 0.717) is 11.3 Å². The Kier molecular flexibility index (Phi) is 8.30. The molecule has 1 atom stereocenters. The number of amides is 2. The van der Waals surface area contributed by atoms with E-state index in [1.807, 2.05) is 72.8 Å². The van der Waals surface area contributed by atoms with Crippen molar-refractivity contribution in [3.63, 3.8) is 0 Å². The molecule has 0 radical (unpaired) electrons. The minimum atomic E-state index is -0.991. The molecule has 0 spiro atoms. The van der Waals surface area contributed by atoms with E-state index in [1.165, 1.54) is 6.92 Å². The number of benzene rings is 3. The first-order valence-corrected chi connectivity index (χ1v) is 10.7. The molecule has 0 aliphatic heterocycles. The normalized spacial score (nSPS) is 12.1. The summed E-state index contributed by atoms with van der Waals surface area (Å²) in [7, 11) is 0. The molecule has 3 rings (SSSR count).